The SMILES string of the molecule is CCc1cc(OC)c(OC)cc1Nc1nc(=O)c(F)cn1Cc1ccc(F)c(Cl)c1. The first-order chi connectivity index (χ1) is 14.4. The molecule has 0 bridgehead atoms. The number of halogens is 3. The van der Waals surface area contributed by atoms with Gasteiger partial charge in [0.05, 0.1) is 25.8 Å². The number of nitrogens with one attached hydrogen (secondary N) is 1. The molecule has 0 saturated heterocycles. The zero-order chi connectivity index (χ0) is 21.8. The minimum Gasteiger partial charge on any atom is -0.493 e. The van der Waals surface area contributed by atoms with Crippen molar-refractivity contribution in [3.05, 3.63) is 74.7 Å². The van der Waals surface area contributed by atoms with Crippen molar-refractivity contribution in [3.8, 4) is 11.5 Å². The van der Waals surface area contributed by atoms with E-state index in [9.17, 15) is 13.6 Å². The van der Waals surface area contributed by atoms with Crippen molar-refractivity contribution >= 4 is 23.2 Å². The Hall–Kier alpha value is -3.13. The fourth-order valence-corrected chi connectivity index (χ4v) is 3.18. The van der Waals surface area contributed by atoms with E-state index in [4.69, 9.17) is 21.1 Å². The highest BCUT2D eigenvalue weighted by atomic mass is 35.5. The van der Waals surface area contributed by atoms with Gasteiger partial charge in [0.1, 0.15) is 5.82 Å². The molecule has 30 heavy (non-hydrogen) atoms. The van der Waals surface area contributed by atoms with Gasteiger partial charge < -0.3 is 19.4 Å². The Bertz CT molecular complexity index is 1140. The predicted octanol–water partition coefficient (Wildman–Crippen LogP) is 4.55. The number of hydrogen-bond donors (Lipinski definition) is 1. The van der Waals surface area contributed by atoms with Crippen LogP contribution >= 0.6 is 11.6 Å². The van der Waals surface area contributed by atoms with E-state index in [0.29, 0.717) is 29.2 Å². The van der Waals surface area contributed by atoms with E-state index < -0.39 is 17.2 Å². The smallest absolute Gasteiger partial charge is 0.310 e. The van der Waals surface area contributed by atoms with E-state index in [1.807, 2.05) is 13.0 Å². The largest absolute Gasteiger partial charge is 0.493 e. The summed E-state index contributed by atoms with van der Waals surface area (Å²) in [5.41, 5.74) is 1.11. The van der Waals surface area contributed by atoms with Crippen molar-refractivity contribution in [1.29, 1.82) is 0 Å². The molecule has 0 unspecified atom stereocenters. The van der Waals surface area contributed by atoms with Crippen LogP contribution in [0.1, 0.15) is 18.1 Å². The Balaban J connectivity index is 2.05. The lowest BCUT2D eigenvalue weighted by Crippen LogP contribution is -2.20. The van der Waals surface area contributed by atoms with E-state index >= 15 is 0 Å². The molecule has 0 aliphatic rings. The summed E-state index contributed by atoms with van der Waals surface area (Å²) in [7, 11) is 3.05. The number of anilines is 2. The van der Waals surface area contributed by atoms with Gasteiger partial charge in [0.15, 0.2) is 11.5 Å². The molecule has 158 valence electrons. The monoisotopic (exact) mass is 435 g/mol. The third kappa shape index (κ3) is 4.54. The van der Waals surface area contributed by atoms with Crippen LogP contribution in [0, 0.1) is 11.6 Å². The number of nitrogens with zero attached hydrogens (tertiary/aromatic N) is 2. The normalized spacial score (nSPS) is 10.7. The van der Waals surface area contributed by atoms with Gasteiger partial charge in [0.2, 0.25) is 11.8 Å². The molecule has 0 spiro atoms. The van der Waals surface area contributed by atoms with Crippen molar-refractivity contribution < 1.29 is 18.3 Å². The van der Waals surface area contributed by atoms with Crippen molar-refractivity contribution in [2.45, 2.75) is 19.9 Å². The molecular formula is C21H20ClF2N3O3. The highest BCUT2D eigenvalue weighted by Crippen LogP contribution is 2.34. The molecule has 0 aliphatic carbocycles. The number of ether oxygens (including phenoxy) is 2. The Labute approximate surface area is 177 Å². The van der Waals surface area contributed by atoms with Crippen molar-refractivity contribution in [3.63, 3.8) is 0 Å². The standard InChI is InChI=1S/C21H20ClF2N3O3/c1-4-13-8-18(29-2)19(30-3)9-17(13)25-21-26-20(28)16(24)11-27(21)10-12-5-6-15(23)14(22)7-12/h5-9,11H,4,10H2,1-3H3,(H,25,26,28). The third-order valence-corrected chi connectivity index (χ3v) is 4.82. The van der Waals surface area contributed by atoms with E-state index in [-0.39, 0.29) is 17.5 Å². The lowest BCUT2D eigenvalue weighted by Gasteiger charge is -2.18. The summed E-state index contributed by atoms with van der Waals surface area (Å²) in [4.78, 5) is 15.7. The minimum atomic E-state index is -1.00. The molecule has 1 aromatic heterocycles. The van der Waals surface area contributed by atoms with Crippen LogP contribution in [0.5, 0.6) is 11.5 Å². The van der Waals surface area contributed by atoms with Crippen LogP contribution in [-0.4, -0.2) is 23.8 Å². The summed E-state index contributed by atoms with van der Waals surface area (Å²) in [6.45, 7) is 2.07. The molecule has 0 aliphatic heterocycles. The van der Waals surface area contributed by atoms with Gasteiger partial charge in [0.25, 0.3) is 0 Å². The number of methoxy groups -OCH3 is 2. The summed E-state index contributed by atoms with van der Waals surface area (Å²) < 4.78 is 39.5. The van der Waals surface area contributed by atoms with Crippen LogP contribution in [0.25, 0.3) is 0 Å². The van der Waals surface area contributed by atoms with Gasteiger partial charge in [-0.3, -0.25) is 4.79 Å². The topological polar surface area (TPSA) is 65.4 Å². The highest BCUT2D eigenvalue weighted by Gasteiger charge is 2.15. The molecule has 3 aromatic rings. The molecule has 0 amide bonds. The van der Waals surface area contributed by atoms with Gasteiger partial charge in [-0.1, -0.05) is 24.6 Å². The summed E-state index contributed by atoms with van der Waals surface area (Å²) in [6, 6.07) is 7.71. The maximum absolute atomic E-state index is 14.0. The zero-order valence-electron chi connectivity index (χ0n) is 16.6. The molecule has 0 radical (unpaired) electrons. The minimum absolute atomic E-state index is 0.0513. The second-order valence-electron chi connectivity index (χ2n) is 6.44. The number of aromatic nitrogens is 2. The fraction of sp³-hybridized carbons (Fsp3) is 0.238. The fourth-order valence-electron chi connectivity index (χ4n) is 2.97. The van der Waals surface area contributed by atoms with Gasteiger partial charge in [-0.25, -0.2) is 4.39 Å². The summed E-state index contributed by atoms with van der Waals surface area (Å²) in [5.74, 6) is -0.398. The Kier molecular flexibility index (Phi) is 6.56. The van der Waals surface area contributed by atoms with E-state index in [0.717, 1.165) is 11.8 Å². The predicted molar refractivity (Wildman–Crippen MR) is 111 cm³/mol. The van der Waals surface area contributed by atoms with Crippen LogP contribution in [0.2, 0.25) is 5.02 Å². The van der Waals surface area contributed by atoms with Gasteiger partial charge >= 0.3 is 5.56 Å². The Morgan fingerprint density at radius 2 is 1.80 bits per heavy atom. The molecule has 0 fully saturated rings. The molecule has 9 heteroatoms. The number of hydrogen-bond acceptors (Lipinski definition) is 5. The lowest BCUT2D eigenvalue weighted by molar-refractivity contribution is 0.355. The third-order valence-electron chi connectivity index (χ3n) is 4.53. The summed E-state index contributed by atoms with van der Waals surface area (Å²) in [6.07, 6.45) is 1.70. The molecule has 6 nitrogen and oxygen atoms in total. The first-order valence-electron chi connectivity index (χ1n) is 9.09. The molecule has 1 heterocycles. The Morgan fingerprint density at radius 1 is 1.10 bits per heavy atom. The van der Waals surface area contributed by atoms with Crippen LogP contribution in [-0.2, 0) is 13.0 Å². The molecule has 1 N–H and O–H groups in total. The average molecular weight is 436 g/mol. The van der Waals surface area contributed by atoms with Gasteiger partial charge in [0, 0.05) is 18.0 Å². The first kappa shape index (κ1) is 21.6. The van der Waals surface area contributed by atoms with Crippen LogP contribution < -0.4 is 20.3 Å². The summed E-state index contributed by atoms with van der Waals surface area (Å²) >= 11 is 5.84. The molecule has 0 atom stereocenters. The van der Waals surface area contributed by atoms with Gasteiger partial charge in [-0.2, -0.15) is 9.37 Å². The number of benzene rings is 2. The Morgan fingerprint density at radius 3 is 2.43 bits per heavy atom. The van der Waals surface area contributed by atoms with E-state index in [1.54, 1.807) is 6.07 Å². The molecule has 2 aromatic carbocycles. The average Bonchev–Trinajstić information content (AvgIpc) is 2.73. The number of rotatable bonds is 7. The zero-order valence-corrected chi connectivity index (χ0v) is 17.4. The maximum atomic E-state index is 14.0. The maximum Gasteiger partial charge on any atom is 0.310 e. The van der Waals surface area contributed by atoms with Gasteiger partial charge in [-0.15, -0.1) is 0 Å². The summed E-state index contributed by atoms with van der Waals surface area (Å²) in [5, 5.41) is 3.02. The second-order valence-corrected chi connectivity index (χ2v) is 6.84. The van der Waals surface area contributed by atoms with E-state index in [1.165, 1.54) is 37.0 Å². The van der Waals surface area contributed by atoms with Crippen LogP contribution in [0.15, 0.2) is 41.3 Å². The molecule has 0 saturated carbocycles. The quantitative estimate of drug-likeness (QED) is 0.590. The first-order valence-corrected chi connectivity index (χ1v) is 9.46. The highest BCUT2D eigenvalue weighted by molar-refractivity contribution is 6.30. The van der Waals surface area contributed by atoms with Crippen molar-refractivity contribution in [2.75, 3.05) is 19.5 Å². The molecular weight excluding hydrogens is 416 g/mol. The van der Waals surface area contributed by atoms with E-state index in [2.05, 4.69) is 10.3 Å². The van der Waals surface area contributed by atoms with Crippen molar-refractivity contribution in [1.82, 2.24) is 9.55 Å². The van der Waals surface area contributed by atoms with Crippen LogP contribution in [0.3, 0.4) is 0 Å². The lowest BCUT2D eigenvalue weighted by atomic mass is 10.1. The molecule has 3 rings (SSSR count). The number of aryl methyl sites for hydroxylation is 1. The van der Waals surface area contributed by atoms with Gasteiger partial charge in [-0.05, 0) is 35.7 Å². The van der Waals surface area contributed by atoms with Crippen molar-refractivity contribution in [2.24, 2.45) is 0 Å². The van der Waals surface area contributed by atoms with Crippen LogP contribution in [0.4, 0.5) is 20.4 Å². The second kappa shape index (κ2) is 9.13.